The smallest absolute Gasteiger partial charge is 0.261 e. The number of hydrogen-bond acceptors (Lipinski definition) is 5. The third kappa shape index (κ3) is 6.52. The Kier molecular flexibility index (Phi) is 8.48. The Morgan fingerprint density at radius 2 is 1.35 bits per heavy atom. The summed E-state index contributed by atoms with van der Waals surface area (Å²) in [6, 6.07) is 34.4. The standard InChI is InChI=1S/C32H33N3O4S/c1-25-23-29(40(37,38)33-28-15-9-4-10-16-28)17-18-30(25)39-24-31(36)34-19-21-35(22-20-34)32(26-11-5-2-6-12-26)27-13-7-3-8-14-27/h2-18,23,32-33H,19-22,24H2,1H3. The van der Waals surface area contributed by atoms with Crippen molar-refractivity contribution in [3.63, 3.8) is 0 Å². The summed E-state index contributed by atoms with van der Waals surface area (Å²) in [5.74, 6) is 0.399. The number of aryl methyl sites for hydroxylation is 1. The van der Waals surface area contributed by atoms with Crippen molar-refractivity contribution >= 4 is 21.6 Å². The van der Waals surface area contributed by atoms with E-state index in [4.69, 9.17) is 4.74 Å². The Morgan fingerprint density at radius 1 is 0.800 bits per heavy atom. The molecule has 7 nitrogen and oxygen atoms in total. The predicted octanol–water partition coefficient (Wildman–Crippen LogP) is 5.11. The molecule has 8 heteroatoms. The van der Waals surface area contributed by atoms with Gasteiger partial charge in [0.15, 0.2) is 6.61 Å². The van der Waals surface area contributed by atoms with Crippen LogP contribution in [0.25, 0.3) is 0 Å². The van der Waals surface area contributed by atoms with Crippen LogP contribution in [0.15, 0.2) is 114 Å². The molecular formula is C32H33N3O4S. The molecule has 1 aliphatic rings. The molecule has 206 valence electrons. The summed E-state index contributed by atoms with van der Waals surface area (Å²) >= 11 is 0. The number of hydrogen-bond donors (Lipinski definition) is 1. The van der Waals surface area contributed by atoms with Crippen molar-refractivity contribution in [1.29, 1.82) is 0 Å². The van der Waals surface area contributed by atoms with E-state index in [1.807, 2.05) is 23.1 Å². The minimum absolute atomic E-state index is 0.0857. The van der Waals surface area contributed by atoms with Gasteiger partial charge in [-0.1, -0.05) is 78.9 Å². The lowest BCUT2D eigenvalue weighted by Crippen LogP contribution is -2.51. The number of benzene rings is 4. The van der Waals surface area contributed by atoms with Crippen molar-refractivity contribution in [2.45, 2.75) is 17.9 Å². The zero-order valence-corrected chi connectivity index (χ0v) is 23.3. The Balaban J connectivity index is 1.18. The van der Waals surface area contributed by atoms with Crippen LogP contribution in [0.2, 0.25) is 0 Å². The first-order chi connectivity index (χ1) is 19.4. The zero-order valence-electron chi connectivity index (χ0n) is 22.4. The number of carbonyl (C=O) groups is 1. The van der Waals surface area contributed by atoms with Crippen LogP contribution in [0.5, 0.6) is 5.75 Å². The molecule has 0 unspecified atom stereocenters. The van der Waals surface area contributed by atoms with Crippen LogP contribution in [0.3, 0.4) is 0 Å². The van der Waals surface area contributed by atoms with Crippen molar-refractivity contribution in [3.8, 4) is 5.75 Å². The van der Waals surface area contributed by atoms with Crippen LogP contribution in [0.4, 0.5) is 5.69 Å². The van der Waals surface area contributed by atoms with Gasteiger partial charge < -0.3 is 9.64 Å². The van der Waals surface area contributed by atoms with Gasteiger partial charge in [0.2, 0.25) is 0 Å². The SMILES string of the molecule is Cc1cc(S(=O)(=O)Nc2ccccc2)ccc1OCC(=O)N1CCN(C(c2ccccc2)c2ccccc2)CC1. The molecular weight excluding hydrogens is 522 g/mol. The van der Waals surface area contributed by atoms with Gasteiger partial charge in [0.05, 0.1) is 10.9 Å². The molecule has 1 amide bonds. The van der Waals surface area contributed by atoms with Gasteiger partial charge in [0.1, 0.15) is 5.75 Å². The lowest BCUT2D eigenvalue weighted by atomic mass is 9.96. The third-order valence-electron chi connectivity index (χ3n) is 7.10. The Bertz CT molecular complexity index is 1480. The van der Waals surface area contributed by atoms with Gasteiger partial charge >= 0.3 is 0 Å². The van der Waals surface area contributed by atoms with Crippen molar-refractivity contribution in [3.05, 3.63) is 126 Å². The summed E-state index contributed by atoms with van der Waals surface area (Å²) in [5, 5.41) is 0. The average molecular weight is 556 g/mol. The van der Waals surface area contributed by atoms with Gasteiger partial charge in [-0.05, 0) is 53.9 Å². The highest BCUT2D eigenvalue weighted by Crippen LogP contribution is 2.29. The first-order valence-electron chi connectivity index (χ1n) is 13.3. The van der Waals surface area contributed by atoms with Crippen LogP contribution < -0.4 is 9.46 Å². The van der Waals surface area contributed by atoms with Crippen molar-refractivity contribution in [2.75, 3.05) is 37.5 Å². The molecule has 5 rings (SSSR count). The topological polar surface area (TPSA) is 78.9 Å². The van der Waals surface area contributed by atoms with Gasteiger partial charge in [-0.3, -0.25) is 14.4 Å². The maximum Gasteiger partial charge on any atom is 0.261 e. The second-order valence-corrected chi connectivity index (χ2v) is 11.5. The molecule has 0 radical (unpaired) electrons. The molecule has 4 aromatic rings. The molecule has 40 heavy (non-hydrogen) atoms. The number of anilines is 1. The van der Waals surface area contributed by atoms with Gasteiger partial charge in [-0.25, -0.2) is 8.42 Å². The van der Waals surface area contributed by atoms with E-state index in [-0.39, 0.29) is 23.5 Å². The summed E-state index contributed by atoms with van der Waals surface area (Å²) in [7, 11) is -3.74. The molecule has 0 spiro atoms. The predicted molar refractivity (Wildman–Crippen MR) is 157 cm³/mol. The Morgan fingerprint density at radius 3 is 1.90 bits per heavy atom. The van der Waals surface area contributed by atoms with Crippen LogP contribution >= 0.6 is 0 Å². The summed E-state index contributed by atoms with van der Waals surface area (Å²) in [6.45, 7) is 4.39. The molecule has 0 aliphatic carbocycles. The Labute approximate surface area is 236 Å². The van der Waals surface area contributed by atoms with Crippen molar-refractivity contribution < 1.29 is 17.9 Å². The van der Waals surface area contributed by atoms with E-state index in [0.29, 0.717) is 30.1 Å². The molecule has 1 saturated heterocycles. The lowest BCUT2D eigenvalue weighted by molar-refractivity contribution is -0.135. The van der Waals surface area contributed by atoms with E-state index < -0.39 is 10.0 Å². The fourth-order valence-electron chi connectivity index (χ4n) is 5.02. The van der Waals surface area contributed by atoms with E-state index >= 15 is 0 Å². The number of nitrogens with one attached hydrogen (secondary N) is 1. The zero-order chi connectivity index (χ0) is 28.0. The molecule has 1 N–H and O–H groups in total. The fraction of sp³-hybridized carbons (Fsp3) is 0.219. The fourth-order valence-corrected chi connectivity index (χ4v) is 6.16. The van der Waals surface area contributed by atoms with Crippen LogP contribution in [0, 0.1) is 6.92 Å². The maximum absolute atomic E-state index is 13.0. The van der Waals surface area contributed by atoms with Gasteiger partial charge in [0.25, 0.3) is 15.9 Å². The maximum atomic E-state index is 13.0. The van der Waals surface area contributed by atoms with E-state index in [1.165, 1.54) is 17.2 Å². The first-order valence-corrected chi connectivity index (χ1v) is 14.8. The molecule has 0 saturated carbocycles. The number of nitrogens with zero attached hydrogens (tertiary/aromatic N) is 2. The van der Waals surface area contributed by atoms with E-state index in [2.05, 4.69) is 58.2 Å². The Hall–Kier alpha value is -4.14. The summed E-state index contributed by atoms with van der Waals surface area (Å²) in [6.07, 6.45) is 0. The van der Waals surface area contributed by atoms with Crippen molar-refractivity contribution in [2.24, 2.45) is 0 Å². The van der Waals surface area contributed by atoms with Crippen LogP contribution in [0.1, 0.15) is 22.7 Å². The van der Waals surface area contributed by atoms with E-state index in [1.54, 1.807) is 43.3 Å². The number of para-hydroxylation sites is 1. The molecule has 0 aromatic heterocycles. The van der Waals surface area contributed by atoms with E-state index in [0.717, 1.165) is 13.1 Å². The monoisotopic (exact) mass is 555 g/mol. The lowest BCUT2D eigenvalue weighted by Gasteiger charge is -2.39. The van der Waals surface area contributed by atoms with Gasteiger partial charge in [-0.15, -0.1) is 0 Å². The minimum atomic E-state index is -3.74. The first kappa shape index (κ1) is 27.4. The molecule has 1 heterocycles. The molecule has 4 aromatic carbocycles. The number of carbonyl (C=O) groups excluding carboxylic acids is 1. The number of amides is 1. The number of piperazine rings is 1. The van der Waals surface area contributed by atoms with Crippen LogP contribution in [-0.2, 0) is 14.8 Å². The third-order valence-corrected chi connectivity index (χ3v) is 8.48. The van der Waals surface area contributed by atoms with Gasteiger partial charge in [0, 0.05) is 31.9 Å². The van der Waals surface area contributed by atoms with Gasteiger partial charge in [-0.2, -0.15) is 0 Å². The molecule has 1 fully saturated rings. The molecule has 1 aliphatic heterocycles. The quantitative estimate of drug-likeness (QED) is 0.311. The highest BCUT2D eigenvalue weighted by molar-refractivity contribution is 7.92. The normalized spacial score (nSPS) is 14.2. The second-order valence-electron chi connectivity index (χ2n) is 9.83. The van der Waals surface area contributed by atoms with Crippen LogP contribution in [-0.4, -0.2) is 56.9 Å². The highest BCUT2D eigenvalue weighted by atomic mass is 32.2. The summed E-state index contributed by atoms with van der Waals surface area (Å²) in [4.78, 5) is 17.4. The van der Waals surface area contributed by atoms with E-state index in [9.17, 15) is 13.2 Å². The second kappa shape index (κ2) is 12.4. The molecule has 0 atom stereocenters. The average Bonchev–Trinajstić information content (AvgIpc) is 2.98. The molecule has 0 bridgehead atoms. The largest absolute Gasteiger partial charge is 0.483 e. The number of ether oxygens (including phenoxy) is 1. The number of sulfonamides is 1. The van der Waals surface area contributed by atoms with Crippen molar-refractivity contribution in [1.82, 2.24) is 9.80 Å². The summed E-state index contributed by atoms with van der Waals surface area (Å²) < 4.78 is 34.0. The number of rotatable bonds is 9. The highest BCUT2D eigenvalue weighted by Gasteiger charge is 2.28. The minimum Gasteiger partial charge on any atom is -0.483 e. The summed E-state index contributed by atoms with van der Waals surface area (Å²) in [5.41, 5.74) is 3.60.